The van der Waals surface area contributed by atoms with E-state index in [0.717, 1.165) is 180 Å². The molecule has 8 aromatic carbocycles. The fourth-order valence-corrected chi connectivity index (χ4v) is 27.5. The molecule has 0 saturated carbocycles. The third kappa shape index (κ3) is 25.2. The van der Waals surface area contributed by atoms with Crippen LogP contribution in [0.4, 0.5) is 5.69 Å². The van der Waals surface area contributed by atoms with Crippen LogP contribution in [0.25, 0.3) is 0 Å². The number of amides is 3. The van der Waals surface area contributed by atoms with Gasteiger partial charge in [0.25, 0.3) is 17.7 Å². The number of likely N-dealkylation sites (tertiary alicyclic amines) is 1. The number of nitrogens with zero attached hydrogens (tertiary/aromatic N) is 5. The normalized spacial score (nSPS) is 17.2. The Kier molecular flexibility index (Phi) is 34.5. The number of ether oxygens (including phenoxy) is 3. The van der Waals surface area contributed by atoms with Crippen LogP contribution < -0.4 is 25.4 Å². The van der Waals surface area contributed by atoms with E-state index in [9.17, 15) is 40.0 Å². The summed E-state index contributed by atoms with van der Waals surface area (Å²) >= 11 is 12.9. The van der Waals surface area contributed by atoms with E-state index in [2.05, 4.69) is 125 Å². The average Bonchev–Trinajstić information content (AvgIpc) is 1.62. The summed E-state index contributed by atoms with van der Waals surface area (Å²) in [5.41, 5.74) is 19.3. The molecule has 1 aliphatic heterocycles. The molecule has 2 atom stereocenters. The number of piperidine rings is 1. The summed E-state index contributed by atoms with van der Waals surface area (Å²) in [6.45, 7) is 14.2. The van der Waals surface area contributed by atoms with Gasteiger partial charge in [-0.25, -0.2) is 4.79 Å². The van der Waals surface area contributed by atoms with E-state index < -0.39 is 0 Å². The Labute approximate surface area is 806 Å². The van der Waals surface area contributed by atoms with Crippen LogP contribution in [0, 0.1) is 16.7 Å². The molecule has 4 aromatic heterocycles. The number of nitrogens with one attached hydrogen (secondary N) is 3. The molecular formula is C105H112N8O11S8. The number of carbonyl (C=O) groups is 4. The van der Waals surface area contributed by atoms with Crippen LogP contribution in [0.15, 0.2) is 268 Å². The van der Waals surface area contributed by atoms with Gasteiger partial charge in [-0.1, -0.05) is 242 Å². The van der Waals surface area contributed by atoms with Crippen molar-refractivity contribution in [3.8, 4) is 11.5 Å². The molecular weight excluding hydrogens is 1810 g/mol. The molecule has 27 heteroatoms. The summed E-state index contributed by atoms with van der Waals surface area (Å²) in [5, 5.41) is 63.6. The molecule has 132 heavy (non-hydrogen) atoms. The largest absolute Gasteiger partial charge is 0.497 e. The van der Waals surface area contributed by atoms with Crippen molar-refractivity contribution in [3.63, 3.8) is 0 Å². The number of methoxy groups -OCH3 is 2. The summed E-state index contributed by atoms with van der Waals surface area (Å²) in [6.07, 6.45) is 8.81. The van der Waals surface area contributed by atoms with Crippen LogP contribution in [0.2, 0.25) is 0 Å². The quantitative estimate of drug-likeness (QED) is 0.0109. The number of aryl methyl sites for hydroxylation is 1. The minimum Gasteiger partial charge on any atom is -0.497 e. The molecule has 0 spiro atoms. The summed E-state index contributed by atoms with van der Waals surface area (Å²) in [6, 6.07) is 76.5. The molecule has 17 rings (SSSR count). The number of hydrogen-bond acceptors (Lipinski definition) is 24. The van der Waals surface area contributed by atoms with Gasteiger partial charge < -0.3 is 55.9 Å². The fourth-order valence-electron chi connectivity index (χ4n) is 17.3. The maximum atomic E-state index is 13.5. The molecule has 0 bridgehead atoms. The smallest absolute Gasteiger partial charge is 0.348 e. The van der Waals surface area contributed by atoms with Crippen molar-refractivity contribution >= 4 is 145 Å². The van der Waals surface area contributed by atoms with Crippen molar-refractivity contribution < 1.29 is 54.2 Å². The van der Waals surface area contributed by atoms with Crippen molar-refractivity contribution in [2.24, 2.45) is 37.4 Å². The lowest BCUT2D eigenvalue weighted by Crippen LogP contribution is -2.37. The average molecular weight is 1920 g/mol. The minimum absolute atomic E-state index is 0.0201. The van der Waals surface area contributed by atoms with E-state index in [4.69, 9.17) is 14.2 Å². The van der Waals surface area contributed by atoms with E-state index >= 15 is 0 Å². The number of oxime groups is 4. The molecule has 3 amide bonds. The second-order valence-electron chi connectivity index (χ2n) is 34.8. The molecule has 7 N–H and O–H groups in total. The van der Waals surface area contributed by atoms with Crippen molar-refractivity contribution in [1.29, 1.82) is 0 Å². The number of esters is 1. The highest BCUT2D eigenvalue weighted by Gasteiger charge is 2.41. The zero-order valence-electron chi connectivity index (χ0n) is 75.5. The monoisotopic (exact) mass is 1920 g/mol. The number of fused-ring (bicyclic) bond motifs is 4. The second-order valence-corrected chi connectivity index (χ2v) is 44.0. The van der Waals surface area contributed by atoms with E-state index in [0.29, 0.717) is 90.2 Å². The Balaban J connectivity index is 0.000000142. The number of carbonyl (C=O) groups excluding carboxylic acids is 4. The number of benzene rings is 8. The number of thiophene rings is 4. The zero-order valence-corrected chi connectivity index (χ0v) is 82.0. The maximum Gasteiger partial charge on any atom is 0.348 e. The standard InChI is InChI=1S/C29H26N2O3S2.C26H27NO4S2.C25H33N3O2S2.C25H26N2O2S2/c1-34-23-14-12-20(13-15-23)21-16-24-26(25(17-21)31-33)29(35-18-19-8-4-2-5-9-19)36-27(24)28(32)30-22-10-6-3-7-11-22;1-3-31-25(28)24-21-15-19(18-9-11-20(30-2)12-10-18)16-22(27-29)23(21)26(33-24)32-14-13-17-7-5-4-6-8-17;1-25(2)13-19-21(20(14-25)27-30)24(31-16-18-7-5-4-6-8-18)32-22(19)23(29)26-15-17-9-11-28(3)12-10-17;1-25(2)13-19-21(20(14-25)27-29)24(30-16-18-11-7-4-8-12-18)31-22(19)23(28)26-15-17-9-5-3-6-10-17/h2-15,21,33H,16-18H2,1H3,(H,30,32);4-12,19,29H,3,13-16H2,1-2H3;4-8,17,30H,9-16H2,1-3H3,(H,26,29);3-12,29H,13-16H2,1-2H3,(H,26,28)/b31-25+;27-22+;2*27-20+. The molecule has 0 radical (unpaired) electrons. The Morgan fingerprint density at radius 3 is 1.20 bits per heavy atom. The second kappa shape index (κ2) is 46.8. The Bertz CT molecular complexity index is 6020. The topological polar surface area (TPSA) is 266 Å². The number of anilines is 1. The lowest BCUT2D eigenvalue weighted by atomic mass is 9.74. The molecule has 19 nitrogen and oxygen atoms in total. The van der Waals surface area contributed by atoms with Gasteiger partial charge in [0, 0.05) is 76.9 Å². The van der Waals surface area contributed by atoms with E-state index in [1.807, 2.05) is 189 Å². The van der Waals surface area contributed by atoms with E-state index in [-0.39, 0.29) is 46.4 Å². The zero-order chi connectivity index (χ0) is 92.7. The highest BCUT2D eigenvalue weighted by molar-refractivity contribution is 8.01. The van der Waals surface area contributed by atoms with Crippen LogP contribution >= 0.6 is 92.4 Å². The molecule has 2 unspecified atom stereocenters. The van der Waals surface area contributed by atoms with Gasteiger partial charge in [-0.3, -0.25) is 14.4 Å². The third-order valence-corrected chi connectivity index (χ3v) is 34.2. The van der Waals surface area contributed by atoms with Crippen molar-refractivity contribution in [2.45, 2.75) is 158 Å². The first-order valence-corrected chi connectivity index (χ1v) is 51.6. The first-order chi connectivity index (χ1) is 64.1. The van der Waals surface area contributed by atoms with Crippen LogP contribution in [0.5, 0.6) is 11.5 Å². The van der Waals surface area contributed by atoms with E-state index in [1.165, 1.54) is 56.3 Å². The van der Waals surface area contributed by atoms with Gasteiger partial charge in [0.15, 0.2) is 0 Å². The SMILES string of the molecule is CC1(C)C/C(=N\O)c2c(SCc3ccccc3)sc(C(=O)NCc3ccccc3)c2C1.CCOC(=O)c1sc(SCCc2ccccc2)c2c1CC(c1ccc(OC)cc1)C/C2=N\O.CN1CCC(CNC(=O)c2sc(SCc3ccccc3)c3c2CC(C)(C)C/C3=N\O)CC1.COc1ccc(C2C/C(=N\O)c3c(SCc4ccccc4)sc(C(=O)Nc4ccccc4)c3C2)cc1. The van der Waals surface area contributed by atoms with Crippen molar-refractivity contribution in [3.05, 3.63) is 333 Å². The van der Waals surface area contributed by atoms with Crippen LogP contribution in [0.1, 0.15) is 207 Å². The third-order valence-electron chi connectivity index (χ3n) is 24.0. The summed E-state index contributed by atoms with van der Waals surface area (Å²) in [5.74, 6) is 5.14. The molecule has 12 aromatic rings. The van der Waals surface area contributed by atoms with Gasteiger partial charge in [-0.05, 0) is 211 Å². The van der Waals surface area contributed by atoms with E-state index in [1.54, 1.807) is 72.6 Å². The molecule has 5 heterocycles. The number of thioether (sulfide) groups is 4. The highest BCUT2D eigenvalue weighted by Crippen LogP contribution is 2.51. The summed E-state index contributed by atoms with van der Waals surface area (Å²) in [7, 11) is 5.45. The van der Waals surface area contributed by atoms with Gasteiger partial charge in [0.2, 0.25) is 0 Å². The number of rotatable bonds is 27. The minimum atomic E-state index is -0.304. The van der Waals surface area contributed by atoms with Crippen LogP contribution in [-0.4, -0.2) is 126 Å². The van der Waals surface area contributed by atoms with Crippen molar-refractivity contribution in [1.82, 2.24) is 15.5 Å². The Morgan fingerprint density at radius 2 is 0.788 bits per heavy atom. The first kappa shape index (κ1) is 97.3. The van der Waals surface area contributed by atoms with Crippen molar-refractivity contribution in [2.75, 3.05) is 58.6 Å². The van der Waals surface area contributed by atoms with Gasteiger partial charge in [0.05, 0.1) is 75.1 Å². The highest BCUT2D eigenvalue weighted by atomic mass is 32.2. The predicted molar refractivity (Wildman–Crippen MR) is 542 cm³/mol. The molecule has 4 aliphatic carbocycles. The van der Waals surface area contributed by atoms with Gasteiger partial charge in [-0.15, -0.1) is 92.4 Å². The van der Waals surface area contributed by atoms with Crippen LogP contribution in [-0.2, 0) is 60.6 Å². The van der Waals surface area contributed by atoms with Crippen LogP contribution in [0.3, 0.4) is 0 Å². The summed E-state index contributed by atoms with van der Waals surface area (Å²) < 4.78 is 20.1. The van der Waals surface area contributed by atoms with Gasteiger partial charge >= 0.3 is 5.97 Å². The van der Waals surface area contributed by atoms with Gasteiger partial charge in [0.1, 0.15) is 16.4 Å². The molecule has 5 aliphatic rings. The number of hydrogen-bond donors (Lipinski definition) is 7. The summed E-state index contributed by atoms with van der Waals surface area (Å²) in [4.78, 5) is 57.9. The predicted octanol–water partition coefficient (Wildman–Crippen LogP) is 24.8. The fraction of sp³-hybridized carbons (Fsp3) is 0.314. The Hall–Kier alpha value is -10.7. The molecule has 1 saturated heterocycles. The number of para-hydroxylation sites is 1. The molecule has 1 fully saturated rings. The Morgan fingerprint density at radius 1 is 0.424 bits per heavy atom. The lowest BCUT2D eigenvalue weighted by molar-refractivity contribution is 0.0530. The van der Waals surface area contributed by atoms with Gasteiger partial charge in [-0.2, -0.15) is 0 Å². The maximum absolute atomic E-state index is 13.5. The first-order valence-electron chi connectivity index (χ1n) is 44.4. The molecule has 686 valence electrons. The lowest BCUT2D eigenvalue weighted by Gasteiger charge is -2.31.